The molecule has 0 spiro atoms. The summed E-state index contributed by atoms with van der Waals surface area (Å²) in [7, 11) is 0. The molecule has 118 valence electrons. The molecule has 2 aliphatic heterocycles. The summed E-state index contributed by atoms with van der Waals surface area (Å²) in [5.41, 5.74) is 0.258. The van der Waals surface area contributed by atoms with Crippen molar-refractivity contribution in [2.75, 3.05) is 31.3 Å². The van der Waals surface area contributed by atoms with Crippen LogP contribution in [-0.2, 0) is 9.47 Å². The highest BCUT2D eigenvalue weighted by Gasteiger charge is 2.28. The minimum atomic E-state index is -0.525. The van der Waals surface area contributed by atoms with E-state index in [1.807, 2.05) is 0 Å². The predicted molar refractivity (Wildman–Crippen MR) is 76.3 cm³/mol. The number of hydrogen-bond donors (Lipinski definition) is 0. The number of cyclic esters (lactones) is 1. The Hall–Kier alpha value is -2.35. The standard InChI is InChI=1S/C14H16N2O6/c17-14-15(5-7-21-14)12-8-10(16(18)19)3-4-13(12)22-9-11-2-1-6-20-11/h3-4,8,11H,1-2,5-7,9H2. The summed E-state index contributed by atoms with van der Waals surface area (Å²) in [6.07, 6.45) is 1.42. The van der Waals surface area contributed by atoms with Gasteiger partial charge in [-0.15, -0.1) is 0 Å². The van der Waals surface area contributed by atoms with Gasteiger partial charge in [0.25, 0.3) is 5.69 Å². The molecule has 22 heavy (non-hydrogen) atoms. The van der Waals surface area contributed by atoms with Crippen molar-refractivity contribution in [1.82, 2.24) is 0 Å². The Labute approximate surface area is 126 Å². The number of ether oxygens (including phenoxy) is 3. The first kappa shape index (κ1) is 14.6. The first-order valence-electron chi connectivity index (χ1n) is 7.12. The summed E-state index contributed by atoms with van der Waals surface area (Å²) < 4.78 is 16.1. The number of carbonyl (C=O) groups excluding carboxylic acids is 1. The molecule has 3 rings (SSSR count). The van der Waals surface area contributed by atoms with E-state index < -0.39 is 11.0 Å². The van der Waals surface area contributed by atoms with Gasteiger partial charge < -0.3 is 14.2 Å². The van der Waals surface area contributed by atoms with E-state index in [4.69, 9.17) is 14.2 Å². The van der Waals surface area contributed by atoms with Crippen LogP contribution >= 0.6 is 0 Å². The van der Waals surface area contributed by atoms with E-state index >= 15 is 0 Å². The lowest BCUT2D eigenvalue weighted by Crippen LogP contribution is -2.25. The van der Waals surface area contributed by atoms with Crippen LogP contribution in [0.1, 0.15) is 12.8 Å². The Bertz CT molecular complexity index is 585. The molecule has 0 N–H and O–H groups in total. The third-order valence-corrected chi connectivity index (χ3v) is 3.65. The first-order valence-corrected chi connectivity index (χ1v) is 7.12. The third-order valence-electron chi connectivity index (χ3n) is 3.65. The number of hydrogen-bond acceptors (Lipinski definition) is 6. The second-order valence-corrected chi connectivity index (χ2v) is 5.12. The molecule has 8 heteroatoms. The fourth-order valence-electron chi connectivity index (χ4n) is 2.52. The Morgan fingerprint density at radius 3 is 2.91 bits per heavy atom. The van der Waals surface area contributed by atoms with E-state index in [1.54, 1.807) is 0 Å². The molecule has 8 nitrogen and oxygen atoms in total. The van der Waals surface area contributed by atoms with Crippen molar-refractivity contribution in [1.29, 1.82) is 0 Å². The molecule has 1 aromatic carbocycles. The Morgan fingerprint density at radius 1 is 1.41 bits per heavy atom. The average molecular weight is 308 g/mol. The van der Waals surface area contributed by atoms with Gasteiger partial charge in [-0.25, -0.2) is 4.79 Å². The summed E-state index contributed by atoms with van der Waals surface area (Å²) in [6, 6.07) is 4.20. The van der Waals surface area contributed by atoms with Crippen LogP contribution in [0.3, 0.4) is 0 Å². The van der Waals surface area contributed by atoms with Crippen molar-refractivity contribution < 1.29 is 23.9 Å². The molecule has 0 radical (unpaired) electrons. The molecule has 1 amide bonds. The molecule has 0 aromatic heterocycles. The molecule has 2 aliphatic rings. The number of rotatable bonds is 5. The number of benzene rings is 1. The minimum absolute atomic E-state index is 0.0218. The van der Waals surface area contributed by atoms with Gasteiger partial charge in [0, 0.05) is 18.7 Å². The van der Waals surface area contributed by atoms with Crippen molar-refractivity contribution >= 4 is 17.5 Å². The largest absolute Gasteiger partial charge is 0.489 e. The van der Waals surface area contributed by atoms with Gasteiger partial charge in [-0.3, -0.25) is 15.0 Å². The van der Waals surface area contributed by atoms with E-state index in [1.165, 1.54) is 23.1 Å². The van der Waals surface area contributed by atoms with Gasteiger partial charge in [-0.1, -0.05) is 0 Å². The summed E-state index contributed by atoms with van der Waals surface area (Å²) in [5.74, 6) is 0.417. The predicted octanol–water partition coefficient (Wildman–Crippen LogP) is 2.11. The van der Waals surface area contributed by atoms with Crippen LogP contribution in [0.25, 0.3) is 0 Å². The monoisotopic (exact) mass is 308 g/mol. The van der Waals surface area contributed by atoms with Crippen molar-refractivity contribution in [2.24, 2.45) is 0 Å². The van der Waals surface area contributed by atoms with Crippen molar-refractivity contribution in [3.8, 4) is 5.75 Å². The number of nitro groups is 1. The third kappa shape index (κ3) is 2.96. The number of nitrogens with zero attached hydrogens (tertiary/aromatic N) is 2. The topological polar surface area (TPSA) is 91.1 Å². The van der Waals surface area contributed by atoms with Crippen LogP contribution in [0.4, 0.5) is 16.2 Å². The molecule has 2 saturated heterocycles. The second kappa shape index (κ2) is 6.18. The van der Waals surface area contributed by atoms with Crippen LogP contribution in [0, 0.1) is 10.1 Å². The van der Waals surface area contributed by atoms with E-state index in [2.05, 4.69) is 0 Å². The fourth-order valence-corrected chi connectivity index (χ4v) is 2.52. The van der Waals surface area contributed by atoms with Gasteiger partial charge in [-0.2, -0.15) is 0 Å². The van der Waals surface area contributed by atoms with Gasteiger partial charge in [0.2, 0.25) is 0 Å². The van der Waals surface area contributed by atoms with Crippen LogP contribution in [-0.4, -0.2) is 43.5 Å². The first-order chi connectivity index (χ1) is 10.6. The number of anilines is 1. The highest BCUT2D eigenvalue weighted by atomic mass is 16.6. The van der Waals surface area contributed by atoms with Gasteiger partial charge in [0.15, 0.2) is 0 Å². The molecule has 0 aliphatic carbocycles. The van der Waals surface area contributed by atoms with E-state index in [-0.39, 0.29) is 18.4 Å². The lowest BCUT2D eigenvalue weighted by Gasteiger charge is -2.19. The van der Waals surface area contributed by atoms with Crippen molar-refractivity contribution in [3.05, 3.63) is 28.3 Å². The van der Waals surface area contributed by atoms with Crippen LogP contribution < -0.4 is 9.64 Å². The molecule has 0 bridgehead atoms. The number of carbonyl (C=O) groups is 1. The smallest absolute Gasteiger partial charge is 0.414 e. The quantitative estimate of drug-likeness (QED) is 0.611. The molecular formula is C14H16N2O6. The summed E-state index contributed by atoms with van der Waals surface area (Å²) in [5, 5.41) is 10.9. The summed E-state index contributed by atoms with van der Waals surface area (Å²) in [4.78, 5) is 23.5. The summed E-state index contributed by atoms with van der Waals surface area (Å²) in [6.45, 7) is 1.68. The Balaban J connectivity index is 1.83. The maximum absolute atomic E-state index is 11.7. The second-order valence-electron chi connectivity index (χ2n) is 5.12. The SMILES string of the molecule is O=C1OCCN1c1cc([N+](=O)[O-])ccc1OCC1CCCO1. The zero-order valence-corrected chi connectivity index (χ0v) is 11.9. The maximum Gasteiger partial charge on any atom is 0.414 e. The summed E-state index contributed by atoms with van der Waals surface area (Å²) >= 11 is 0. The lowest BCUT2D eigenvalue weighted by molar-refractivity contribution is -0.384. The molecule has 1 atom stereocenters. The van der Waals surface area contributed by atoms with Gasteiger partial charge in [0.05, 0.1) is 23.3 Å². The Kier molecular flexibility index (Phi) is 4.10. The molecule has 2 heterocycles. The maximum atomic E-state index is 11.7. The minimum Gasteiger partial charge on any atom is -0.489 e. The molecule has 2 fully saturated rings. The van der Waals surface area contributed by atoms with Gasteiger partial charge in [0.1, 0.15) is 19.0 Å². The molecule has 1 aromatic rings. The Morgan fingerprint density at radius 2 is 2.27 bits per heavy atom. The van der Waals surface area contributed by atoms with Crippen molar-refractivity contribution in [3.63, 3.8) is 0 Å². The molecule has 1 unspecified atom stereocenters. The highest BCUT2D eigenvalue weighted by Crippen LogP contribution is 2.34. The van der Waals surface area contributed by atoms with Gasteiger partial charge in [-0.05, 0) is 18.9 Å². The fraction of sp³-hybridized carbons (Fsp3) is 0.500. The average Bonchev–Trinajstić information content (AvgIpc) is 3.16. The van der Waals surface area contributed by atoms with Crippen molar-refractivity contribution in [2.45, 2.75) is 18.9 Å². The highest BCUT2D eigenvalue weighted by molar-refractivity contribution is 5.91. The van der Waals surface area contributed by atoms with Crippen LogP contribution in [0.2, 0.25) is 0 Å². The molecule has 0 saturated carbocycles. The zero-order valence-electron chi connectivity index (χ0n) is 11.9. The van der Waals surface area contributed by atoms with E-state index in [0.29, 0.717) is 24.6 Å². The number of amides is 1. The van der Waals surface area contributed by atoms with E-state index in [9.17, 15) is 14.9 Å². The van der Waals surface area contributed by atoms with Gasteiger partial charge >= 0.3 is 6.09 Å². The van der Waals surface area contributed by atoms with Crippen LogP contribution in [0.15, 0.2) is 18.2 Å². The number of non-ortho nitro benzene ring substituents is 1. The zero-order chi connectivity index (χ0) is 15.5. The van der Waals surface area contributed by atoms with E-state index in [0.717, 1.165) is 19.4 Å². The lowest BCUT2D eigenvalue weighted by atomic mass is 10.2. The number of nitro benzene ring substituents is 1. The normalized spacial score (nSPS) is 21.0. The molecular weight excluding hydrogens is 292 g/mol. The van der Waals surface area contributed by atoms with Crippen LogP contribution in [0.5, 0.6) is 5.75 Å².